The number of fused-ring (bicyclic) bond motifs is 2. The zero-order valence-corrected chi connectivity index (χ0v) is 11.5. The Balaban J connectivity index is 2.20. The van der Waals surface area contributed by atoms with Crippen LogP contribution in [0.25, 0.3) is 0 Å². The Morgan fingerprint density at radius 2 is 2.05 bits per heavy atom. The molecule has 4 nitrogen and oxygen atoms in total. The maximum Gasteiger partial charge on any atom is 0.295 e. The Hall–Kier alpha value is -1.72. The third-order valence-corrected chi connectivity index (χ3v) is 4.27. The molecule has 1 aliphatic rings. The van der Waals surface area contributed by atoms with Crippen LogP contribution in [-0.2, 0) is 0 Å². The number of para-hydroxylation sites is 1. The number of benzene rings is 2. The minimum absolute atomic E-state index is 0.00361. The number of aryl methyl sites for hydroxylation is 1. The van der Waals surface area contributed by atoms with E-state index in [4.69, 9.17) is 11.6 Å². The van der Waals surface area contributed by atoms with Gasteiger partial charge in [0.2, 0.25) is 0 Å². The van der Waals surface area contributed by atoms with Gasteiger partial charge in [0.05, 0.1) is 10.6 Å². The van der Waals surface area contributed by atoms with Crippen molar-refractivity contribution in [3.63, 3.8) is 0 Å². The maximum atomic E-state index is 11.1. The quantitative estimate of drug-likeness (QED) is 0.519. The van der Waals surface area contributed by atoms with Crippen molar-refractivity contribution in [1.82, 2.24) is 0 Å². The van der Waals surface area contributed by atoms with Crippen LogP contribution in [0.5, 0.6) is 0 Å². The van der Waals surface area contributed by atoms with Crippen LogP contribution in [0.15, 0.2) is 40.1 Å². The van der Waals surface area contributed by atoms with Crippen molar-refractivity contribution in [3.8, 4) is 0 Å². The molecular weight excluding hydrogens is 284 g/mol. The third kappa shape index (κ3) is 2.05. The van der Waals surface area contributed by atoms with E-state index in [1.165, 1.54) is 17.8 Å². The van der Waals surface area contributed by atoms with Crippen LogP contribution in [0.3, 0.4) is 0 Å². The molecule has 2 aromatic rings. The van der Waals surface area contributed by atoms with Crippen molar-refractivity contribution in [2.75, 3.05) is 5.32 Å². The number of nitrogens with zero attached hydrogens (tertiary/aromatic N) is 1. The molecule has 96 valence electrons. The Bertz CT molecular complexity index is 703. The molecule has 1 N–H and O–H groups in total. The molecule has 0 fully saturated rings. The van der Waals surface area contributed by atoms with E-state index in [-0.39, 0.29) is 5.69 Å². The summed E-state index contributed by atoms with van der Waals surface area (Å²) in [5.74, 6) is 0. The first-order valence-corrected chi connectivity index (χ1v) is 6.78. The molecule has 0 radical (unpaired) electrons. The van der Waals surface area contributed by atoms with Crippen molar-refractivity contribution in [3.05, 3.63) is 51.0 Å². The second kappa shape index (κ2) is 4.43. The highest BCUT2D eigenvalue weighted by atomic mass is 35.5. The molecule has 0 saturated heterocycles. The van der Waals surface area contributed by atoms with Crippen LogP contribution in [0.1, 0.15) is 5.56 Å². The molecule has 1 aliphatic heterocycles. The van der Waals surface area contributed by atoms with Crippen molar-refractivity contribution in [2.45, 2.75) is 16.7 Å². The molecule has 0 spiro atoms. The molecule has 0 aliphatic carbocycles. The summed E-state index contributed by atoms with van der Waals surface area (Å²) in [4.78, 5) is 12.5. The number of nitrogens with one attached hydrogen (secondary N) is 1. The standard InChI is InChI=1S/C13H9ClN2O2S/c1-7-3-2-4-10-12(7)15-13-9(16(17)18)5-8(14)6-11(13)19-10/h2-6,15H,1H3. The molecule has 6 heteroatoms. The second-order valence-corrected chi connectivity index (χ2v) is 5.75. The summed E-state index contributed by atoms with van der Waals surface area (Å²) in [7, 11) is 0. The van der Waals surface area contributed by atoms with E-state index in [0.29, 0.717) is 10.7 Å². The minimum Gasteiger partial charge on any atom is -0.348 e. The van der Waals surface area contributed by atoms with Crippen LogP contribution in [-0.4, -0.2) is 4.92 Å². The molecule has 0 unspecified atom stereocenters. The maximum absolute atomic E-state index is 11.1. The summed E-state index contributed by atoms with van der Waals surface area (Å²) in [6.45, 7) is 1.97. The van der Waals surface area contributed by atoms with Crippen LogP contribution in [0.4, 0.5) is 17.1 Å². The fourth-order valence-corrected chi connectivity index (χ4v) is 3.47. The Morgan fingerprint density at radius 3 is 2.79 bits per heavy atom. The summed E-state index contributed by atoms with van der Waals surface area (Å²) >= 11 is 7.43. The van der Waals surface area contributed by atoms with Gasteiger partial charge >= 0.3 is 0 Å². The SMILES string of the molecule is Cc1cccc2c1Nc1c(cc(Cl)cc1[N+](=O)[O-])S2. The van der Waals surface area contributed by atoms with Crippen LogP contribution < -0.4 is 5.32 Å². The fraction of sp³-hybridized carbons (Fsp3) is 0.0769. The number of nitro benzene ring substituents is 1. The monoisotopic (exact) mass is 292 g/mol. The first-order valence-electron chi connectivity index (χ1n) is 5.58. The van der Waals surface area contributed by atoms with E-state index in [1.54, 1.807) is 6.07 Å². The van der Waals surface area contributed by atoms with Crippen molar-refractivity contribution in [2.24, 2.45) is 0 Å². The van der Waals surface area contributed by atoms with Gasteiger partial charge in [-0.2, -0.15) is 0 Å². The Kier molecular flexibility index (Phi) is 2.88. The van der Waals surface area contributed by atoms with Gasteiger partial charge in [-0.25, -0.2) is 0 Å². The smallest absolute Gasteiger partial charge is 0.295 e. The molecule has 0 bridgehead atoms. The average molecular weight is 293 g/mol. The summed E-state index contributed by atoms with van der Waals surface area (Å²) < 4.78 is 0. The predicted molar refractivity (Wildman–Crippen MR) is 76.7 cm³/mol. The van der Waals surface area contributed by atoms with E-state index >= 15 is 0 Å². The molecule has 19 heavy (non-hydrogen) atoms. The molecule has 1 heterocycles. The van der Waals surface area contributed by atoms with Gasteiger partial charge in [0, 0.05) is 20.9 Å². The van der Waals surface area contributed by atoms with E-state index < -0.39 is 4.92 Å². The van der Waals surface area contributed by atoms with Gasteiger partial charge in [0.1, 0.15) is 5.69 Å². The van der Waals surface area contributed by atoms with Gasteiger partial charge in [0.25, 0.3) is 5.69 Å². The molecule has 0 amide bonds. The lowest BCUT2D eigenvalue weighted by Crippen LogP contribution is -2.05. The summed E-state index contributed by atoms with van der Waals surface area (Å²) in [6, 6.07) is 9.03. The van der Waals surface area contributed by atoms with Gasteiger partial charge in [-0.05, 0) is 24.6 Å². The van der Waals surface area contributed by atoms with Crippen molar-refractivity contribution >= 4 is 40.4 Å². The lowest BCUT2D eigenvalue weighted by molar-refractivity contribution is -0.384. The summed E-state index contributed by atoms with van der Waals surface area (Å²) in [6.07, 6.45) is 0. The van der Waals surface area contributed by atoms with Crippen molar-refractivity contribution in [1.29, 1.82) is 0 Å². The summed E-state index contributed by atoms with van der Waals surface area (Å²) in [5.41, 5.74) is 2.50. The van der Waals surface area contributed by atoms with Crippen molar-refractivity contribution < 1.29 is 4.92 Å². The van der Waals surface area contributed by atoms with Gasteiger partial charge in [-0.3, -0.25) is 10.1 Å². The Labute approximate surface area is 118 Å². The number of anilines is 2. The average Bonchev–Trinajstić information content (AvgIpc) is 2.36. The first-order chi connectivity index (χ1) is 9.06. The Morgan fingerprint density at radius 1 is 1.26 bits per heavy atom. The topological polar surface area (TPSA) is 55.2 Å². The minimum atomic E-state index is -0.415. The molecule has 0 aromatic heterocycles. The zero-order valence-electron chi connectivity index (χ0n) is 9.94. The second-order valence-electron chi connectivity index (χ2n) is 4.23. The predicted octanol–water partition coefficient (Wildman–Crippen LogP) is 4.76. The largest absolute Gasteiger partial charge is 0.348 e. The normalized spacial score (nSPS) is 12.3. The fourth-order valence-electron chi connectivity index (χ4n) is 2.05. The number of hydrogen-bond donors (Lipinski definition) is 1. The number of rotatable bonds is 1. The zero-order chi connectivity index (χ0) is 13.6. The molecule has 0 saturated carbocycles. The van der Waals surface area contributed by atoms with E-state index in [2.05, 4.69) is 5.32 Å². The molecule has 2 aromatic carbocycles. The summed E-state index contributed by atoms with van der Waals surface area (Å²) in [5, 5.41) is 14.7. The number of nitro groups is 1. The van der Waals surface area contributed by atoms with Gasteiger partial charge < -0.3 is 5.32 Å². The molecular formula is C13H9ClN2O2S. The van der Waals surface area contributed by atoms with Crippen LogP contribution in [0, 0.1) is 17.0 Å². The molecule has 3 rings (SSSR count). The number of halogens is 1. The lowest BCUT2D eigenvalue weighted by atomic mass is 10.1. The van der Waals surface area contributed by atoms with E-state index in [9.17, 15) is 10.1 Å². The number of hydrogen-bond acceptors (Lipinski definition) is 4. The first kappa shape index (κ1) is 12.3. The molecule has 0 atom stereocenters. The van der Waals surface area contributed by atoms with E-state index in [0.717, 1.165) is 21.0 Å². The van der Waals surface area contributed by atoms with E-state index in [1.807, 2.05) is 25.1 Å². The van der Waals surface area contributed by atoms with Crippen LogP contribution in [0.2, 0.25) is 5.02 Å². The van der Waals surface area contributed by atoms with Gasteiger partial charge in [-0.15, -0.1) is 0 Å². The highest BCUT2D eigenvalue weighted by Gasteiger charge is 2.25. The van der Waals surface area contributed by atoms with Gasteiger partial charge in [0.15, 0.2) is 0 Å². The highest BCUT2D eigenvalue weighted by molar-refractivity contribution is 7.99. The highest BCUT2D eigenvalue weighted by Crippen LogP contribution is 2.49. The lowest BCUT2D eigenvalue weighted by Gasteiger charge is -2.22. The van der Waals surface area contributed by atoms with Gasteiger partial charge in [-0.1, -0.05) is 35.5 Å². The third-order valence-electron chi connectivity index (χ3n) is 2.95. The van der Waals surface area contributed by atoms with Crippen LogP contribution >= 0.6 is 23.4 Å².